The molecule has 2 aliphatic heterocycles. The first-order valence-corrected chi connectivity index (χ1v) is 13.6. The van der Waals surface area contributed by atoms with Crippen molar-refractivity contribution in [2.75, 3.05) is 31.1 Å². The summed E-state index contributed by atoms with van der Waals surface area (Å²) in [6.07, 6.45) is 0.412. The van der Waals surface area contributed by atoms with E-state index in [1.165, 1.54) is 4.90 Å². The molecule has 0 aromatic rings. The highest BCUT2D eigenvalue weighted by atomic mass is 32.2. The summed E-state index contributed by atoms with van der Waals surface area (Å²) >= 11 is 0.907. The van der Waals surface area contributed by atoms with Crippen molar-refractivity contribution in [1.29, 1.82) is 0 Å². The third-order valence-corrected chi connectivity index (χ3v) is 7.05. The molecule has 222 valence electrons. The fourth-order valence-corrected chi connectivity index (χ4v) is 5.01. The van der Waals surface area contributed by atoms with Crippen molar-refractivity contribution < 1.29 is 43.8 Å². The fourth-order valence-electron chi connectivity index (χ4n) is 4.09. The van der Waals surface area contributed by atoms with E-state index >= 15 is 0 Å². The number of amides is 5. The van der Waals surface area contributed by atoms with Gasteiger partial charge in [-0.05, 0) is 25.7 Å². The summed E-state index contributed by atoms with van der Waals surface area (Å²) in [5.41, 5.74) is 10.6. The van der Waals surface area contributed by atoms with Gasteiger partial charge in [0.2, 0.25) is 29.5 Å². The number of rotatable bonds is 7. The highest BCUT2D eigenvalue weighted by Gasteiger charge is 2.36. The molecule has 5 amide bonds. The SMILES string of the molecule is NC(N)=NCCC[C@@H]1NC(=O)[C@H]2CCCN2C(=O)CSC[C@@H](C(=O)O)NC(=O)[C@H](CC(=O)O)NC(=O)CNC1=O. The topological polar surface area (TPSA) is 276 Å². The van der Waals surface area contributed by atoms with E-state index in [-0.39, 0.29) is 43.4 Å². The zero-order valence-corrected chi connectivity index (χ0v) is 22.4. The molecule has 0 aromatic heterocycles. The van der Waals surface area contributed by atoms with E-state index in [1.54, 1.807) is 0 Å². The summed E-state index contributed by atoms with van der Waals surface area (Å²) in [5, 5.41) is 27.9. The van der Waals surface area contributed by atoms with Crippen molar-refractivity contribution >= 4 is 59.2 Å². The molecule has 2 heterocycles. The number of thioether (sulfide) groups is 1. The maximum absolute atomic E-state index is 13.1. The molecule has 10 N–H and O–H groups in total. The van der Waals surface area contributed by atoms with E-state index in [4.69, 9.17) is 16.6 Å². The quantitative estimate of drug-likeness (QED) is 0.0803. The minimum absolute atomic E-state index is 0.0904. The van der Waals surface area contributed by atoms with Gasteiger partial charge >= 0.3 is 11.9 Å². The van der Waals surface area contributed by atoms with Crippen LogP contribution in [-0.4, -0.2) is 118 Å². The first kappa shape index (κ1) is 32.1. The first-order valence-electron chi connectivity index (χ1n) is 12.4. The average molecular weight is 587 g/mol. The van der Waals surface area contributed by atoms with Crippen LogP contribution >= 0.6 is 11.8 Å². The van der Waals surface area contributed by atoms with E-state index in [0.717, 1.165) is 11.8 Å². The van der Waals surface area contributed by atoms with Gasteiger partial charge in [0.15, 0.2) is 5.96 Å². The monoisotopic (exact) mass is 586 g/mol. The standard InChI is InChI=1S/C22H34N8O9S/c23-22(24)25-5-1-3-11-18(35)26-8-15(31)27-12(7-17(33)34)19(36)29-13(21(38)39)9-40-10-16(32)30-6-2-4-14(30)20(37)28-11/h11-14H,1-10H2,(H,26,35)(H,27,31)(H,28,37)(H,29,36)(H,33,34)(H,38,39)(H4,23,24,25)/t11-,12-,13-,14+/m0/s1. The van der Waals surface area contributed by atoms with Crippen LogP contribution in [-0.2, 0) is 33.6 Å². The highest BCUT2D eigenvalue weighted by molar-refractivity contribution is 8.00. The molecule has 0 radical (unpaired) electrons. The summed E-state index contributed by atoms with van der Waals surface area (Å²) in [6, 6.07) is -5.10. The van der Waals surface area contributed by atoms with Gasteiger partial charge in [0.25, 0.3) is 0 Å². The Kier molecular flexibility index (Phi) is 12.4. The number of aliphatic imine (C=N–C) groups is 1. The number of nitrogens with two attached hydrogens (primary N) is 2. The van der Waals surface area contributed by atoms with Crippen LogP contribution in [0.2, 0.25) is 0 Å². The molecule has 0 bridgehead atoms. The maximum atomic E-state index is 13.1. The van der Waals surface area contributed by atoms with E-state index in [9.17, 15) is 38.7 Å². The van der Waals surface area contributed by atoms with Crippen LogP contribution < -0.4 is 32.7 Å². The number of carbonyl (C=O) groups excluding carboxylic acids is 5. The predicted octanol–water partition coefficient (Wildman–Crippen LogP) is -4.09. The molecule has 0 aliphatic carbocycles. The van der Waals surface area contributed by atoms with Gasteiger partial charge in [-0.2, -0.15) is 0 Å². The van der Waals surface area contributed by atoms with Crippen LogP contribution in [0.3, 0.4) is 0 Å². The minimum Gasteiger partial charge on any atom is -0.481 e. The summed E-state index contributed by atoms with van der Waals surface area (Å²) in [7, 11) is 0. The van der Waals surface area contributed by atoms with Gasteiger partial charge in [0.1, 0.15) is 24.2 Å². The smallest absolute Gasteiger partial charge is 0.327 e. The molecule has 4 atom stereocenters. The van der Waals surface area contributed by atoms with Gasteiger partial charge in [-0.25, -0.2) is 4.79 Å². The zero-order valence-electron chi connectivity index (χ0n) is 21.6. The average Bonchev–Trinajstić information content (AvgIpc) is 3.37. The lowest BCUT2D eigenvalue weighted by Gasteiger charge is -2.27. The van der Waals surface area contributed by atoms with Gasteiger partial charge in [-0.1, -0.05) is 0 Å². The number of nitrogens with one attached hydrogen (secondary N) is 4. The largest absolute Gasteiger partial charge is 0.481 e. The Balaban J connectivity index is 2.28. The number of hydrogen-bond acceptors (Lipinski definition) is 9. The van der Waals surface area contributed by atoms with E-state index in [2.05, 4.69) is 26.3 Å². The third kappa shape index (κ3) is 10.2. The number of hydrogen-bond donors (Lipinski definition) is 8. The highest BCUT2D eigenvalue weighted by Crippen LogP contribution is 2.20. The molecule has 18 heteroatoms. The van der Waals surface area contributed by atoms with Crippen molar-refractivity contribution in [2.24, 2.45) is 16.5 Å². The summed E-state index contributed by atoms with van der Waals surface area (Å²) in [5.74, 6) is -7.18. The number of carboxylic acid groups (broad SMARTS) is 2. The van der Waals surface area contributed by atoms with Crippen molar-refractivity contribution in [3.8, 4) is 0 Å². The Morgan fingerprint density at radius 3 is 2.38 bits per heavy atom. The normalized spacial score (nSPS) is 25.3. The van der Waals surface area contributed by atoms with Crippen LogP contribution in [0.1, 0.15) is 32.1 Å². The van der Waals surface area contributed by atoms with Crippen LogP contribution in [0.25, 0.3) is 0 Å². The van der Waals surface area contributed by atoms with E-state index in [1.807, 2.05) is 0 Å². The molecule has 2 saturated heterocycles. The maximum Gasteiger partial charge on any atom is 0.327 e. The lowest BCUT2D eigenvalue weighted by molar-refractivity contribution is -0.143. The number of nitrogens with zero attached hydrogens (tertiary/aromatic N) is 2. The summed E-state index contributed by atoms with van der Waals surface area (Å²) in [4.78, 5) is 92.1. The van der Waals surface area contributed by atoms with Gasteiger partial charge < -0.3 is 47.8 Å². The molecule has 17 nitrogen and oxygen atoms in total. The molecule has 2 fully saturated rings. The molecule has 0 unspecified atom stereocenters. The zero-order chi connectivity index (χ0) is 29.8. The lowest BCUT2D eigenvalue weighted by atomic mass is 10.1. The van der Waals surface area contributed by atoms with Crippen molar-refractivity contribution in [3.05, 3.63) is 0 Å². The molecular weight excluding hydrogens is 552 g/mol. The second kappa shape index (κ2) is 15.5. The van der Waals surface area contributed by atoms with Crippen molar-refractivity contribution in [2.45, 2.75) is 56.3 Å². The number of aliphatic carboxylic acids is 2. The Morgan fingerprint density at radius 2 is 1.73 bits per heavy atom. The van der Waals surface area contributed by atoms with Crippen LogP contribution in [0.15, 0.2) is 4.99 Å². The molecule has 2 rings (SSSR count). The molecule has 0 saturated carbocycles. The second-order valence-electron chi connectivity index (χ2n) is 9.11. The Labute approximate surface area is 233 Å². The van der Waals surface area contributed by atoms with Gasteiger partial charge in [0, 0.05) is 18.8 Å². The Morgan fingerprint density at radius 1 is 1.00 bits per heavy atom. The Hall–Kier alpha value is -4.09. The second-order valence-corrected chi connectivity index (χ2v) is 10.1. The van der Waals surface area contributed by atoms with Crippen LogP contribution in [0.5, 0.6) is 0 Å². The number of fused-ring (bicyclic) bond motifs is 1. The minimum atomic E-state index is -1.64. The van der Waals surface area contributed by atoms with Crippen molar-refractivity contribution in [1.82, 2.24) is 26.2 Å². The van der Waals surface area contributed by atoms with E-state index < -0.39 is 78.6 Å². The molecule has 0 spiro atoms. The lowest BCUT2D eigenvalue weighted by Crippen LogP contribution is -2.56. The van der Waals surface area contributed by atoms with Gasteiger partial charge in [-0.15, -0.1) is 11.8 Å². The number of guanidine groups is 1. The fraction of sp³-hybridized carbons (Fsp3) is 0.636. The first-order chi connectivity index (χ1) is 18.9. The van der Waals surface area contributed by atoms with Crippen LogP contribution in [0, 0.1) is 0 Å². The summed E-state index contributed by atoms with van der Waals surface area (Å²) in [6.45, 7) is -0.221. The summed E-state index contributed by atoms with van der Waals surface area (Å²) < 4.78 is 0. The molecule has 0 aromatic carbocycles. The molecule has 2 aliphatic rings. The molecular formula is C22H34N8O9S. The van der Waals surface area contributed by atoms with E-state index in [0.29, 0.717) is 12.8 Å². The van der Waals surface area contributed by atoms with Gasteiger partial charge in [0.05, 0.1) is 18.7 Å². The third-order valence-electron chi connectivity index (χ3n) is 6.03. The van der Waals surface area contributed by atoms with Gasteiger partial charge in [-0.3, -0.25) is 33.8 Å². The van der Waals surface area contributed by atoms with Crippen LogP contribution in [0.4, 0.5) is 0 Å². The number of carbonyl (C=O) groups is 7. The predicted molar refractivity (Wildman–Crippen MR) is 141 cm³/mol. The molecule has 40 heavy (non-hydrogen) atoms. The van der Waals surface area contributed by atoms with Crippen molar-refractivity contribution in [3.63, 3.8) is 0 Å². The Bertz CT molecular complexity index is 1040. The number of carboxylic acids is 2.